The van der Waals surface area contributed by atoms with Crippen molar-refractivity contribution in [2.24, 2.45) is 5.92 Å². The number of allylic oxidation sites excluding steroid dienone is 2. The smallest absolute Gasteiger partial charge is 0.228 e. The number of rotatable bonds is 5. The fourth-order valence-electron chi connectivity index (χ4n) is 5.14. The molecule has 170 valence electrons. The van der Waals surface area contributed by atoms with E-state index in [1.165, 1.54) is 14.2 Å². The van der Waals surface area contributed by atoms with Crippen LogP contribution in [0, 0.1) is 5.92 Å². The first-order chi connectivity index (χ1) is 15.5. The number of ether oxygens (including phenoxy) is 2. The fraction of sp³-hybridized carbons (Fsp3) is 0.480. The van der Waals surface area contributed by atoms with Crippen molar-refractivity contribution in [3.05, 3.63) is 58.1 Å². The molecule has 7 heteroatoms. The van der Waals surface area contributed by atoms with E-state index in [0.29, 0.717) is 17.6 Å². The summed E-state index contributed by atoms with van der Waals surface area (Å²) in [6.45, 7) is 3.22. The number of hydrogen-bond acceptors (Lipinski definition) is 6. The van der Waals surface area contributed by atoms with Crippen molar-refractivity contribution < 1.29 is 23.9 Å². The van der Waals surface area contributed by atoms with Gasteiger partial charge < -0.3 is 14.4 Å². The summed E-state index contributed by atoms with van der Waals surface area (Å²) in [6.07, 6.45) is 2.01. The van der Waals surface area contributed by atoms with Crippen molar-refractivity contribution in [1.29, 1.82) is 0 Å². The minimum Gasteiger partial charge on any atom is -0.489 e. The van der Waals surface area contributed by atoms with E-state index in [4.69, 9.17) is 9.47 Å². The highest BCUT2D eigenvalue weighted by atomic mass is 32.2. The minimum absolute atomic E-state index is 0.0544. The second-order valence-electron chi connectivity index (χ2n) is 8.44. The monoisotopic (exact) mass is 455 g/mol. The largest absolute Gasteiger partial charge is 0.489 e. The number of aryl methyl sites for hydroxylation is 1. The quantitative estimate of drug-likeness (QED) is 0.635. The number of hydrogen-bond donors (Lipinski definition) is 0. The minimum atomic E-state index is -0.333. The summed E-state index contributed by atoms with van der Waals surface area (Å²) in [5, 5.41) is 0. The van der Waals surface area contributed by atoms with Gasteiger partial charge in [0.25, 0.3) is 0 Å². The lowest BCUT2D eigenvalue weighted by Gasteiger charge is -2.37. The number of carbonyl (C=O) groups is 3. The van der Waals surface area contributed by atoms with Gasteiger partial charge in [-0.1, -0.05) is 24.3 Å². The molecule has 0 aromatic heterocycles. The van der Waals surface area contributed by atoms with Gasteiger partial charge in [-0.15, -0.1) is 0 Å². The Morgan fingerprint density at radius 2 is 1.72 bits per heavy atom. The van der Waals surface area contributed by atoms with Crippen LogP contribution in [0.15, 0.2) is 46.9 Å². The van der Waals surface area contributed by atoms with Crippen molar-refractivity contribution >= 4 is 29.2 Å². The van der Waals surface area contributed by atoms with Crippen LogP contribution in [0.25, 0.3) is 0 Å². The molecule has 0 spiro atoms. The highest BCUT2D eigenvalue weighted by Crippen LogP contribution is 2.46. The summed E-state index contributed by atoms with van der Waals surface area (Å²) in [7, 11) is 2.74. The van der Waals surface area contributed by atoms with Gasteiger partial charge in [0.1, 0.15) is 0 Å². The van der Waals surface area contributed by atoms with Gasteiger partial charge in [-0.05, 0) is 36.8 Å². The van der Waals surface area contributed by atoms with Gasteiger partial charge in [-0.25, -0.2) is 0 Å². The predicted octanol–water partition coefficient (Wildman–Crippen LogP) is 3.27. The van der Waals surface area contributed by atoms with Crippen LogP contribution in [0.2, 0.25) is 0 Å². The molecular formula is C25H29NO5S. The molecule has 1 saturated heterocycles. The van der Waals surface area contributed by atoms with Crippen molar-refractivity contribution in [3.8, 4) is 0 Å². The van der Waals surface area contributed by atoms with E-state index in [1.54, 1.807) is 6.92 Å². The zero-order valence-corrected chi connectivity index (χ0v) is 19.6. The van der Waals surface area contributed by atoms with Gasteiger partial charge in [0.05, 0.1) is 14.2 Å². The molecule has 32 heavy (non-hydrogen) atoms. The number of benzene rings is 1. The van der Waals surface area contributed by atoms with Crippen LogP contribution in [0.5, 0.6) is 0 Å². The summed E-state index contributed by atoms with van der Waals surface area (Å²) >= 11 is 1.87. The van der Waals surface area contributed by atoms with Crippen LogP contribution in [-0.4, -0.2) is 61.2 Å². The number of ketones is 2. The maximum Gasteiger partial charge on any atom is 0.228 e. The molecule has 3 aliphatic rings. The molecule has 0 saturated carbocycles. The summed E-state index contributed by atoms with van der Waals surface area (Å²) in [5.74, 6) is 0.894. The second-order valence-corrected chi connectivity index (χ2v) is 9.66. The first kappa shape index (κ1) is 22.6. The summed E-state index contributed by atoms with van der Waals surface area (Å²) < 4.78 is 10.5. The van der Waals surface area contributed by atoms with E-state index >= 15 is 0 Å². The lowest BCUT2D eigenvalue weighted by atomic mass is 9.67. The molecular weight excluding hydrogens is 426 g/mol. The van der Waals surface area contributed by atoms with Gasteiger partial charge >= 0.3 is 0 Å². The number of amides is 1. The zero-order chi connectivity index (χ0) is 22.8. The lowest BCUT2D eigenvalue weighted by Crippen LogP contribution is -2.40. The molecule has 0 bridgehead atoms. The Labute approximate surface area is 193 Å². The molecule has 0 unspecified atom stereocenters. The third-order valence-corrected chi connectivity index (χ3v) is 7.72. The number of methoxy groups -OCH3 is 2. The van der Waals surface area contributed by atoms with Gasteiger partial charge in [-0.2, -0.15) is 11.8 Å². The Morgan fingerprint density at radius 1 is 1.06 bits per heavy atom. The van der Waals surface area contributed by atoms with Crippen molar-refractivity contribution in [2.75, 3.05) is 38.8 Å². The number of thioether (sulfide) groups is 1. The first-order valence-electron chi connectivity index (χ1n) is 11.0. The van der Waals surface area contributed by atoms with Crippen molar-refractivity contribution in [1.82, 2.24) is 4.90 Å². The standard InChI is InChI=1S/C25H29NO5S/c1-15-20(23(29)25(31-3)24(30-2)22(15)28)21-17(9-8-16-6-4-5-7-18(16)21)14-19(27)26-10-12-32-13-11-26/h4-7,17,21H,8-14H2,1-3H3/t17-,21-/m1/s1. The van der Waals surface area contributed by atoms with Gasteiger partial charge in [-0.3, -0.25) is 14.4 Å². The summed E-state index contributed by atoms with van der Waals surface area (Å²) in [6, 6.07) is 8.04. The molecule has 4 rings (SSSR count). The first-order valence-corrected chi connectivity index (χ1v) is 12.2. The van der Waals surface area contributed by atoms with E-state index < -0.39 is 0 Å². The predicted molar refractivity (Wildman–Crippen MR) is 123 cm³/mol. The third kappa shape index (κ3) is 3.98. The third-order valence-electron chi connectivity index (χ3n) is 6.77. The molecule has 2 aliphatic carbocycles. The van der Waals surface area contributed by atoms with E-state index in [0.717, 1.165) is 48.6 Å². The molecule has 1 heterocycles. The molecule has 1 aromatic carbocycles. The molecule has 1 aliphatic heterocycles. The maximum absolute atomic E-state index is 13.6. The van der Waals surface area contributed by atoms with E-state index in [9.17, 15) is 14.4 Å². The van der Waals surface area contributed by atoms with Crippen LogP contribution in [0.3, 0.4) is 0 Å². The Morgan fingerprint density at radius 3 is 2.41 bits per heavy atom. The fourth-order valence-corrected chi connectivity index (χ4v) is 6.04. The molecule has 0 N–H and O–H groups in total. The summed E-state index contributed by atoms with van der Waals surface area (Å²) in [5.41, 5.74) is 3.00. The maximum atomic E-state index is 13.6. The molecule has 0 radical (unpaired) electrons. The highest BCUT2D eigenvalue weighted by molar-refractivity contribution is 7.99. The van der Waals surface area contributed by atoms with Crippen molar-refractivity contribution in [3.63, 3.8) is 0 Å². The molecule has 2 atom stereocenters. The topological polar surface area (TPSA) is 72.9 Å². The van der Waals surface area contributed by atoms with Crippen LogP contribution in [0.1, 0.15) is 36.8 Å². The Balaban J connectivity index is 1.75. The molecule has 1 aromatic rings. The highest BCUT2D eigenvalue weighted by Gasteiger charge is 2.43. The van der Waals surface area contributed by atoms with Crippen LogP contribution in [-0.2, 0) is 30.3 Å². The number of nitrogens with zero attached hydrogens (tertiary/aromatic N) is 1. The normalized spacial score (nSPS) is 23.9. The molecule has 1 fully saturated rings. The van der Waals surface area contributed by atoms with Crippen LogP contribution in [0.4, 0.5) is 0 Å². The van der Waals surface area contributed by atoms with E-state index in [1.807, 2.05) is 34.9 Å². The number of Topliss-reactive ketones (excluding diaryl/α,β-unsaturated/α-hetero) is 2. The number of fused-ring (bicyclic) bond motifs is 1. The van der Waals surface area contributed by atoms with Crippen molar-refractivity contribution in [2.45, 2.75) is 32.1 Å². The second kappa shape index (κ2) is 9.53. The van der Waals surface area contributed by atoms with Crippen LogP contribution < -0.4 is 0 Å². The lowest BCUT2D eigenvalue weighted by molar-refractivity contribution is -0.132. The van der Waals surface area contributed by atoms with E-state index in [2.05, 4.69) is 6.07 Å². The zero-order valence-electron chi connectivity index (χ0n) is 18.8. The molecule has 1 amide bonds. The van der Waals surface area contributed by atoms with Gasteiger partial charge in [0.2, 0.25) is 29.0 Å². The Bertz CT molecular complexity index is 1010. The Kier molecular flexibility index (Phi) is 6.74. The van der Waals surface area contributed by atoms with Gasteiger partial charge in [0, 0.05) is 48.1 Å². The molecule has 6 nitrogen and oxygen atoms in total. The van der Waals surface area contributed by atoms with E-state index in [-0.39, 0.29) is 40.8 Å². The average Bonchev–Trinajstić information content (AvgIpc) is 2.82. The SMILES string of the molecule is COC1=C(OC)C(=O)C([C@H]2c3ccccc3CC[C@@H]2CC(=O)N2CCSCC2)=C(C)C1=O. The Hall–Kier alpha value is -2.54. The number of carbonyl (C=O) groups excluding carboxylic acids is 3. The average molecular weight is 456 g/mol. The summed E-state index contributed by atoms with van der Waals surface area (Å²) in [4.78, 5) is 41.7. The van der Waals surface area contributed by atoms with Crippen LogP contribution >= 0.6 is 11.8 Å². The van der Waals surface area contributed by atoms with Gasteiger partial charge in [0.15, 0.2) is 0 Å².